The second-order valence-electron chi connectivity index (χ2n) is 4.75. The number of hydrogen-bond acceptors (Lipinski definition) is 5. The number of rotatable bonds is 2. The van der Waals surface area contributed by atoms with Crippen molar-refractivity contribution in [2.24, 2.45) is 0 Å². The van der Waals surface area contributed by atoms with Gasteiger partial charge in [-0.15, -0.1) is 0 Å². The van der Waals surface area contributed by atoms with E-state index in [0.717, 1.165) is 0 Å². The zero-order valence-corrected chi connectivity index (χ0v) is 12.0. The van der Waals surface area contributed by atoms with Gasteiger partial charge in [0.1, 0.15) is 11.5 Å². The lowest BCUT2D eigenvalue weighted by atomic mass is 9.82. The highest BCUT2D eigenvalue weighted by atomic mass is 16.5. The highest BCUT2D eigenvalue weighted by molar-refractivity contribution is 6.30. The third kappa shape index (κ3) is 1.78. The van der Waals surface area contributed by atoms with Gasteiger partial charge in [-0.2, -0.15) is 5.26 Å². The van der Waals surface area contributed by atoms with Crippen LogP contribution in [0.1, 0.15) is 37.4 Å². The minimum atomic E-state index is -0.350. The molecule has 0 N–H and O–H groups in total. The molecule has 1 aliphatic carbocycles. The number of ketones is 2. The van der Waals surface area contributed by atoms with Crippen molar-refractivity contribution in [3.8, 4) is 17.6 Å². The number of carbonyl (C=O) groups is 2. The molecule has 0 saturated carbocycles. The second-order valence-corrected chi connectivity index (χ2v) is 4.75. The van der Waals surface area contributed by atoms with Gasteiger partial charge < -0.3 is 9.47 Å². The summed E-state index contributed by atoms with van der Waals surface area (Å²) in [6.45, 7) is 0. The minimum Gasteiger partial charge on any atom is -0.496 e. The minimum absolute atomic E-state index is 0.175. The quantitative estimate of drug-likeness (QED) is 0.725. The van der Waals surface area contributed by atoms with Gasteiger partial charge in [-0.1, -0.05) is 0 Å². The third-order valence-electron chi connectivity index (χ3n) is 3.66. The molecule has 5 heteroatoms. The average molecular weight is 293 g/mol. The number of ether oxygens (including phenoxy) is 2. The van der Waals surface area contributed by atoms with E-state index in [1.54, 1.807) is 12.1 Å². The van der Waals surface area contributed by atoms with Crippen LogP contribution in [0.4, 0.5) is 0 Å². The number of methoxy groups -OCH3 is 2. The van der Waals surface area contributed by atoms with Crippen LogP contribution in [0.3, 0.4) is 0 Å². The van der Waals surface area contributed by atoms with E-state index >= 15 is 0 Å². The smallest absolute Gasteiger partial charge is 0.198 e. The Morgan fingerprint density at radius 3 is 1.91 bits per heavy atom. The van der Waals surface area contributed by atoms with Crippen molar-refractivity contribution in [2.45, 2.75) is 0 Å². The molecule has 22 heavy (non-hydrogen) atoms. The molecular weight excluding hydrogens is 282 g/mol. The Labute approximate surface area is 126 Å². The molecule has 0 heterocycles. The molecule has 5 nitrogen and oxygen atoms in total. The molecule has 0 radical (unpaired) electrons. The summed E-state index contributed by atoms with van der Waals surface area (Å²) in [4.78, 5) is 25.5. The first-order valence-electron chi connectivity index (χ1n) is 6.51. The predicted molar refractivity (Wildman–Crippen MR) is 77.6 cm³/mol. The van der Waals surface area contributed by atoms with Crippen LogP contribution in [-0.4, -0.2) is 25.8 Å². The number of carbonyl (C=O) groups excluding carboxylic acids is 2. The normalized spacial score (nSPS) is 12.2. The summed E-state index contributed by atoms with van der Waals surface area (Å²) in [5.74, 6) is -0.0337. The van der Waals surface area contributed by atoms with E-state index in [1.807, 2.05) is 6.07 Å². The lowest BCUT2D eigenvalue weighted by Gasteiger charge is -2.21. The standard InChI is InChI=1S/C17H11NO4/c1-21-12-5-6-13(22-2)15-14(12)16(19)10-4-3-9(8-18)7-11(10)17(15)20/h3-7H,1-2H3. The molecule has 0 bridgehead atoms. The van der Waals surface area contributed by atoms with Gasteiger partial charge in [0, 0.05) is 11.1 Å². The van der Waals surface area contributed by atoms with Crippen LogP contribution < -0.4 is 9.47 Å². The highest BCUT2D eigenvalue weighted by Crippen LogP contribution is 2.38. The summed E-state index contributed by atoms with van der Waals surface area (Å²) in [5, 5.41) is 8.98. The molecule has 0 unspecified atom stereocenters. The lowest BCUT2D eigenvalue weighted by Crippen LogP contribution is -2.22. The number of benzene rings is 2. The van der Waals surface area contributed by atoms with Crippen LogP contribution >= 0.6 is 0 Å². The van der Waals surface area contributed by atoms with Gasteiger partial charge in [-0.05, 0) is 30.3 Å². The van der Waals surface area contributed by atoms with Crippen LogP contribution in [-0.2, 0) is 0 Å². The maximum Gasteiger partial charge on any atom is 0.198 e. The fourth-order valence-corrected chi connectivity index (χ4v) is 2.62. The third-order valence-corrected chi connectivity index (χ3v) is 3.66. The maximum absolute atomic E-state index is 12.8. The first-order valence-corrected chi connectivity index (χ1v) is 6.51. The van der Waals surface area contributed by atoms with Crippen molar-refractivity contribution in [2.75, 3.05) is 14.2 Å². The molecule has 2 aromatic carbocycles. The molecule has 1 aliphatic rings. The van der Waals surface area contributed by atoms with Crippen LogP contribution in [0, 0.1) is 11.3 Å². The van der Waals surface area contributed by atoms with E-state index in [2.05, 4.69) is 0 Å². The summed E-state index contributed by atoms with van der Waals surface area (Å²) in [5.41, 5.74) is 1.18. The van der Waals surface area contributed by atoms with Gasteiger partial charge in [0.25, 0.3) is 0 Å². The van der Waals surface area contributed by atoms with Crippen LogP contribution in [0.25, 0.3) is 0 Å². The molecule has 0 fully saturated rings. The monoisotopic (exact) mass is 293 g/mol. The molecular formula is C17H11NO4. The van der Waals surface area contributed by atoms with Gasteiger partial charge in [-0.25, -0.2) is 0 Å². The highest BCUT2D eigenvalue weighted by Gasteiger charge is 2.35. The van der Waals surface area contributed by atoms with Gasteiger partial charge in [0.2, 0.25) is 0 Å². The Balaban J connectivity index is 2.35. The molecule has 0 saturated heterocycles. The summed E-state index contributed by atoms with van der Waals surface area (Å²) < 4.78 is 10.4. The number of nitrogens with zero attached hydrogens (tertiary/aromatic N) is 1. The topological polar surface area (TPSA) is 76.4 Å². The van der Waals surface area contributed by atoms with Gasteiger partial charge in [0.15, 0.2) is 11.6 Å². The van der Waals surface area contributed by atoms with Crippen LogP contribution in [0.15, 0.2) is 30.3 Å². The summed E-state index contributed by atoms with van der Waals surface area (Å²) in [6, 6.07) is 9.59. The number of nitriles is 1. The van der Waals surface area contributed by atoms with E-state index in [4.69, 9.17) is 14.7 Å². The zero-order chi connectivity index (χ0) is 15.9. The van der Waals surface area contributed by atoms with E-state index < -0.39 is 0 Å². The van der Waals surface area contributed by atoms with Crippen molar-refractivity contribution in [3.63, 3.8) is 0 Å². The van der Waals surface area contributed by atoms with Crippen molar-refractivity contribution in [1.82, 2.24) is 0 Å². The molecule has 2 aromatic rings. The van der Waals surface area contributed by atoms with Crippen molar-refractivity contribution < 1.29 is 19.1 Å². The Hall–Kier alpha value is -3.13. The fraction of sp³-hybridized carbons (Fsp3) is 0.118. The first-order chi connectivity index (χ1) is 10.6. The largest absolute Gasteiger partial charge is 0.496 e. The SMILES string of the molecule is COc1ccc(OC)c2c1C(=O)c1ccc(C#N)cc1C2=O. The van der Waals surface area contributed by atoms with Gasteiger partial charge in [-0.3, -0.25) is 9.59 Å². The lowest BCUT2D eigenvalue weighted by molar-refractivity contribution is 0.0974. The number of hydrogen-bond donors (Lipinski definition) is 0. The first kappa shape index (κ1) is 13.8. The Morgan fingerprint density at radius 2 is 1.41 bits per heavy atom. The summed E-state index contributed by atoms with van der Waals surface area (Å²) >= 11 is 0. The van der Waals surface area contributed by atoms with Crippen molar-refractivity contribution in [3.05, 3.63) is 58.1 Å². The molecule has 0 aromatic heterocycles. The van der Waals surface area contributed by atoms with E-state index in [0.29, 0.717) is 17.1 Å². The van der Waals surface area contributed by atoms with Gasteiger partial charge >= 0.3 is 0 Å². The fourth-order valence-electron chi connectivity index (χ4n) is 2.62. The number of fused-ring (bicyclic) bond motifs is 2. The van der Waals surface area contributed by atoms with E-state index in [-0.39, 0.29) is 33.8 Å². The molecule has 108 valence electrons. The van der Waals surface area contributed by atoms with E-state index in [9.17, 15) is 9.59 Å². The second kappa shape index (κ2) is 5.01. The Kier molecular flexibility index (Phi) is 3.15. The Morgan fingerprint density at radius 1 is 0.864 bits per heavy atom. The van der Waals surface area contributed by atoms with E-state index in [1.165, 1.54) is 32.4 Å². The van der Waals surface area contributed by atoms with Crippen molar-refractivity contribution in [1.29, 1.82) is 5.26 Å². The molecule has 0 spiro atoms. The molecule has 0 aliphatic heterocycles. The average Bonchev–Trinajstić information content (AvgIpc) is 2.57. The summed E-state index contributed by atoms with van der Waals surface area (Å²) in [7, 11) is 2.87. The summed E-state index contributed by atoms with van der Waals surface area (Å²) in [6.07, 6.45) is 0. The van der Waals surface area contributed by atoms with Crippen LogP contribution in [0.5, 0.6) is 11.5 Å². The van der Waals surface area contributed by atoms with Crippen LogP contribution in [0.2, 0.25) is 0 Å². The predicted octanol–water partition coefficient (Wildman–Crippen LogP) is 2.35. The van der Waals surface area contributed by atoms with Crippen molar-refractivity contribution >= 4 is 11.6 Å². The zero-order valence-electron chi connectivity index (χ0n) is 12.0. The maximum atomic E-state index is 12.8. The molecule has 0 atom stereocenters. The van der Waals surface area contributed by atoms with Gasteiger partial charge in [0.05, 0.1) is 37.0 Å². The Bertz CT molecular complexity index is 862. The molecule has 3 rings (SSSR count). The molecule has 0 amide bonds.